The highest BCUT2D eigenvalue weighted by molar-refractivity contribution is 6.41. The lowest BCUT2D eigenvalue weighted by Gasteiger charge is -2.06. The highest BCUT2D eigenvalue weighted by Gasteiger charge is 2.27. The topological polar surface area (TPSA) is 80.4 Å². The summed E-state index contributed by atoms with van der Waals surface area (Å²) in [5.74, 6) is -0.405. The minimum absolute atomic E-state index is 0.0163. The Labute approximate surface area is 127 Å². The lowest BCUT2D eigenvalue weighted by Crippen LogP contribution is -2.12. The number of halogens is 3. The van der Waals surface area contributed by atoms with Gasteiger partial charge in [0.15, 0.2) is 17.4 Å². The Hall–Kier alpha value is -1.63. The molecule has 0 amide bonds. The van der Waals surface area contributed by atoms with Crippen LogP contribution in [-0.4, -0.2) is 31.7 Å². The molecule has 20 heavy (non-hydrogen) atoms. The quantitative estimate of drug-likeness (QED) is 0.917. The Morgan fingerprint density at radius 3 is 2.45 bits per heavy atom. The van der Waals surface area contributed by atoms with Crippen molar-refractivity contribution in [3.63, 3.8) is 0 Å². The van der Waals surface area contributed by atoms with Gasteiger partial charge in [0.2, 0.25) is 0 Å². The molecular weight excluding hydrogens is 327 g/mol. The van der Waals surface area contributed by atoms with Gasteiger partial charge in [-0.05, 0) is 12.1 Å². The second kappa shape index (κ2) is 4.73. The molecule has 2 aromatic rings. The van der Waals surface area contributed by atoms with E-state index in [4.69, 9.17) is 39.9 Å². The first-order valence-corrected chi connectivity index (χ1v) is 6.51. The van der Waals surface area contributed by atoms with Gasteiger partial charge >= 0.3 is 5.97 Å². The lowest BCUT2D eigenvalue weighted by molar-refractivity contribution is -0.129. The van der Waals surface area contributed by atoms with Crippen LogP contribution in [0.25, 0.3) is 11.4 Å². The van der Waals surface area contributed by atoms with Gasteiger partial charge in [-0.15, -0.1) is 10.2 Å². The van der Waals surface area contributed by atoms with Gasteiger partial charge in [-0.3, -0.25) is 0 Å². The zero-order chi connectivity index (χ0) is 14.4. The van der Waals surface area contributed by atoms with Crippen molar-refractivity contribution >= 4 is 46.5 Å². The van der Waals surface area contributed by atoms with Crippen molar-refractivity contribution in [2.75, 3.05) is 0 Å². The van der Waals surface area contributed by atoms with Crippen molar-refractivity contribution in [3.05, 3.63) is 33.0 Å². The van der Waals surface area contributed by atoms with Crippen molar-refractivity contribution in [2.24, 2.45) is 5.10 Å². The second-order valence-electron chi connectivity index (χ2n) is 4.02. The van der Waals surface area contributed by atoms with E-state index >= 15 is 0 Å². The van der Waals surface area contributed by atoms with Crippen LogP contribution in [0.15, 0.2) is 17.2 Å². The molecule has 102 valence electrons. The van der Waals surface area contributed by atoms with Crippen LogP contribution in [0.2, 0.25) is 15.1 Å². The Bertz CT molecular complexity index is 746. The molecule has 2 heterocycles. The van der Waals surface area contributed by atoms with Crippen LogP contribution < -0.4 is 0 Å². The fourth-order valence-electron chi connectivity index (χ4n) is 1.86. The summed E-state index contributed by atoms with van der Waals surface area (Å²) in [5.41, 5.74) is 0.393. The molecule has 0 saturated carbocycles. The van der Waals surface area contributed by atoms with E-state index < -0.39 is 5.97 Å². The number of fused-ring (bicyclic) bond motifs is 1. The van der Waals surface area contributed by atoms with Gasteiger partial charge in [-0.1, -0.05) is 34.8 Å². The molecule has 0 aliphatic carbocycles. The van der Waals surface area contributed by atoms with Crippen LogP contribution in [0.3, 0.4) is 0 Å². The SMILES string of the molecule is O=C(O)C1=Nn2c(nnc2-c2c(Cl)cc(Cl)cc2Cl)C1. The third-order valence-electron chi connectivity index (χ3n) is 2.73. The number of carboxylic acid groups (broad SMARTS) is 1. The molecule has 1 aliphatic heterocycles. The van der Waals surface area contributed by atoms with E-state index in [-0.39, 0.29) is 28.0 Å². The normalized spacial score (nSPS) is 13.2. The number of carbonyl (C=O) groups is 1. The largest absolute Gasteiger partial charge is 0.477 e. The number of rotatable bonds is 2. The van der Waals surface area contributed by atoms with Gasteiger partial charge in [-0.25, -0.2) is 4.79 Å². The molecule has 1 aromatic carbocycles. The second-order valence-corrected chi connectivity index (χ2v) is 5.28. The summed E-state index contributed by atoms with van der Waals surface area (Å²) in [6, 6.07) is 3.03. The van der Waals surface area contributed by atoms with Gasteiger partial charge < -0.3 is 5.11 Å². The number of hydrogen-bond donors (Lipinski definition) is 1. The molecule has 0 spiro atoms. The van der Waals surface area contributed by atoms with E-state index in [1.807, 2.05) is 0 Å². The van der Waals surface area contributed by atoms with Gasteiger partial charge in [0.05, 0.1) is 22.0 Å². The van der Waals surface area contributed by atoms with Crippen molar-refractivity contribution in [1.29, 1.82) is 0 Å². The molecule has 1 N–H and O–H groups in total. The van der Waals surface area contributed by atoms with Crippen LogP contribution in [0.1, 0.15) is 5.82 Å². The molecule has 6 nitrogen and oxygen atoms in total. The maximum Gasteiger partial charge on any atom is 0.352 e. The highest BCUT2D eigenvalue weighted by atomic mass is 35.5. The molecule has 1 aliphatic rings. The van der Waals surface area contributed by atoms with Crippen LogP contribution in [0.4, 0.5) is 0 Å². The van der Waals surface area contributed by atoms with Crippen molar-refractivity contribution in [2.45, 2.75) is 6.42 Å². The Balaban J connectivity index is 2.18. The predicted octanol–water partition coefficient (Wildman–Crippen LogP) is 2.75. The first-order valence-electron chi connectivity index (χ1n) is 5.37. The van der Waals surface area contributed by atoms with Gasteiger partial charge in [0, 0.05) is 5.02 Å². The molecule has 0 atom stereocenters. The van der Waals surface area contributed by atoms with Crippen LogP contribution >= 0.6 is 34.8 Å². The molecule has 9 heteroatoms. The van der Waals surface area contributed by atoms with Gasteiger partial charge in [-0.2, -0.15) is 9.78 Å². The van der Waals surface area contributed by atoms with Crippen molar-refractivity contribution in [1.82, 2.24) is 14.9 Å². The fourth-order valence-corrected chi connectivity index (χ4v) is 2.85. The number of nitrogens with zero attached hydrogens (tertiary/aromatic N) is 4. The highest BCUT2D eigenvalue weighted by Crippen LogP contribution is 2.37. The maximum atomic E-state index is 10.9. The summed E-state index contributed by atoms with van der Waals surface area (Å²) >= 11 is 18.1. The summed E-state index contributed by atoms with van der Waals surface area (Å²) < 4.78 is 1.32. The number of carboxylic acids is 1. The molecule has 1 aromatic heterocycles. The zero-order valence-corrected chi connectivity index (χ0v) is 11.9. The molecular formula is C11H5Cl3N4O2. The molecule has 0 fully saturated rings. The maximum absolute atomic E-state index is 10.9. The molecule has 3 rings (SSSR count). The molecule has 0 saturated heterocycles. The standard InChI is InChI=1S/C11H5Cl3N4O2/c12-4-1-5(13)9(6(14)2-4)10-16-15-8-3-7(11(19)20)17-18(8)10/h1-2H,3H2,(H,19,20). The number of benzene rings is 1. The Morgan fingerprint density at radius 2 is 1.85 bits per heavy atom. The number of aliphatic carboxylic acids is 1. The minimum atomic E-state index is -1.10. The first-order chi connectivity index (χ1) is 9.47. The van der Waals surface area contributed by atoms with Crippen LogP contribution in [-0.2, 0) is 11.2 Å². The molecule has 0 radical (unpaired) electrons. The van der Waals surface area contributed by atoms with E-state index in [0.29, 0.717) is 16.4 Å². The Morgan fingerprint density at radius 1 is 1.20 bits per heavy atom. The van der Waals surface area contributed by atoms with Gasteiger partial charge in [0.1, 0.15) is 0 Å². The van der Waals surface area contributed by atoms with Crippen LogP contribution in [0.5, 0.6) is 0 Å². The molecule has 0 unspecified atom stereocenters. The average molecular weight is 332 g/mol. The summed E-state index contributed by atoms with van der Waals surface area (Å²) in [4.78, 5) is 10.9. The summed E-state index contributed by atoms with van der Waals surface area (Å²) in [6.07, 6.45) is 0.102. The van der Waals surface area contributed by atoms with Crippen molar-refractivity contribution < 1.29 is 9.90 Å². The van der Waals surface area contributed by atoms with Gasteiger partial charge in [0.25, 0.3) is 0 Å². The third kappa shape index (κ3) is 2.06. The third-order valence-corrected chi connectivity index (χ3v) is 3.54. The van der Waals surface area contributed by atoms with E-state index in [1.165, 1.54) is 16.8 Å². The average Bonchev–Trinajstić information content (AvgIpc) is 2.89. The smallest absolute Gasteiger partial charge is 0.352 e. The monoisotopic (exact) mass is 330 g/mol. The first kappa shape index (κ1) is 13.4. The van der Waals surface area contributed by atoms with Crippen LogP contribution in [0, 0.1) is 0 Å². The fraction of sp³-hybridized carbons (Fsp3) is 0.0909. The van der Waals surface area contributed by atoms with E-state index in [0.717, 1.165) is 0 Å². The van der Waals surface area contributed by atoms with E-state index in [2.05, 4.69) is 15.3 Å². The Kier molecular flexibility index (Phi) is 3.16. The molecule has 0 bridgehead atoms. The van der Waals surface area contributed by atoms with Crippen molar-refractivity contribution in [3.8, 4) is 11.4 Å². The lowest BCUT2D eigenvalue weighted by atomic mass is 10.2. The summed E-state index contributed by atoms with van der Waals surface area (Å²) in [6.45, 7) is 0. The predicted molar refractivity (Wildman–Crippen MR) is 74.7 cm³/mol. The number of hydrogen-bond acceptors (Lipinski definition) is 4. The minimum Gasteiger partial charge on any atom is -0.477 e. The zero-order valence-electron chi connectivity index (χ0n) is 9.64. The summed E-state index contributed by atoms with van der Waals surface area (Å²) in [7, 11) is 0. The number of aromatic nitrogens is 3. The summed E-state index contributed by atoms with van der Waals surface area (Å²) in [5, 5.41) is 21.7. The van der Waals surface area contributed by atoms with E-state index in [9.17, 15) is 4.79 Å². The van der Waals surface area contributed by atoms with E-state index in [1.54, 1.807) is 0 Å².